The zero-order valence-corrected chi connectivity index (χ0v) is 13.9. The highest BCUT2D eigenvalue weighted by molar-refractivity contribution is 6.76. The fraction of sp³-hybridized carbons (Fsp3) is 0.800. The highest BCUT2D eigenvalue weighted by atomic mass is 28.3. The summed E-state index contributed by atoms with van der Waals surface area (Å²) in [7, 11) is 2.17. The van der Waals surface area contributed by atoms with Crippen LogP contribution < -0.4 is 0 Å². The molecule has 4 heteroatoms. The predicted octanol–water partition coefficient (Wildman–Crippen LogP) is 3.49. The van der Waals surface area contributed by atoms with Gasteiger partial charge in [0, 0.05) is 21.1 Å². The van der Waals surface area contributed by atoms with Gasteiger partial charge in [-0.3, -0.25) is 4.79 Å². The Labute approximate surface area is 118 Å². The zero-order valence-electron chi connectivity index (χ0n) is 12.9. The van der Waals surface area contributed by atoms with Crippen molar-refractivity contribution in [2.24, 2.45) is 11.8 Å². The second kappa shape index (κ2) is 7.24. The first-order valence-electron chi connectivity index (χ1n) is 7.13. The van der Waals surface area contributed by atoms with Crippen LogP contribution in [0.3, 0.4) is 0 Å². The van der Waals surface area contributed by atoms with Crippen LogP contribution in [0.25, 0.3) is 0 Å². The van der Waals surface area contributed by atoms with Crippen molar-refractivity contribution in [2.45, 2.75) is 51.1 Å². The normalized spacial score (nSPS) is 27.9. The average Bonchev–Trinajstić information content (AvgIpc) is 2.70. The standard InChI is InChI=1S/C15H28O3Si/c1-17-14-9-8-12(7-6-10-19(3,4)5)13(14)11-15(16)18-2/h6-7,12-14H,8-11H2,1-5H3/b7-6+/t12-,13-,14+/m0/s1. The van der Waals surface area contributed by atoms with Gasteiger partial charge < -0.3 is 9.47 Å². The van der Waals surface area contributed by atoms with E-state index in [1.54, 1.807) is 7.11 Å². The van der Waals surface area contributed by atoms with Gasteiger partial charge in [0.05, 0.1) is 19.6 Å². The number of methoxy groups -OCH3 is 2. The van der Waals surface area contributed by atoms with Gasteiger partial charge in [-0.25, -0.2) is 0 Å². The lowest BCUT2D eigenvalue weighted by Crippen LogP contribution is -2.24. The van der Waals surface area contributed by atoms with E-state index in [0.717, 1.165) is 12.8 Å². The quantitative estimate of drug-likeness (QED) is 0.425. The number of hydrogen-bond acceptors (Lipinski definition) is 3. The Hall–Kier alpha value is -0.613. The first-order valence-corrected chi connectivity index (χ1v) is 10.8. The van der Waals surface area contributed by atoms with Crippen LogP contribution in [0.4, 0.5) is 0 Å². The van der Waals surface area contributed by atoms with Crippen molar-refractivity contribution in [1.82, 2.24) is 0 Å². The van der Waals surface area contributed by atoms with Crippen LogP contribution in [-0.2, 0) is 14.3 Å². The van der Waals surface area contributed by atoms with Crippen molar-refractivity contribution in [3.05, 3.63) is 12.2 Å². The molecule has 1 aliphatic rings. The van der Waals surface area contributed by atoms with E-state index in [0.29, 0.717) is 12.3 Å². The molecule has 0 aromatic heterocycles. The molecule has 3 atom stereocenters. The topological polar surface area (TPSA) is 35.5 Å². The average molecular weight is 284 g/mol. The minimum atomic E-state index is -1.03. The van der Waals surface area contributed by atoms with E-state index < -0.39 is 8.07 Å². The van der Waals surface area contributed by atoms with Crippen LogP contribution in [0.2, 0.25) is 25.7 Å². The summed E-state index contributed by atoms with van der Waals surface area (Å²) in [5.41, 5.74) is 0. The summed E-state index contributed by atoms with van der Waals surface area (Å²) in [4.78, 5) is 11.5. The molecule has 0 aliphatic heterocycles. The van der Waals surface area contributed by atoms with Crippen LogP contribution in [0.1, 0.15) is 19.3 Å². The number of ether oxygens (including phenoxy) is 2. The third-order valence-electron chi connectivity index (χ3n) is 3.86. The van der Waals surface area contributed by atoms with E-state index in [-0.39, 0.29) is 18.0 Å². The molecule has 1 saturated carbocycles. The molecule has 1 rings (SSSR count). The SMILES string of the molecule is COC(=O)C[C@H]1[C@@H](/C=C/C[Si](C)(C)C)CC[C@H]1OC. The second-order valence-corrected chi connectivity index (χ2v) is 12.2. The van der Waals surface area contributed by atoms with Gasteiger partial charge in [-0.2, -0.15) is 0 Å². The molecule has 1 aliphatic carbocycles. The Morgan fingerprint density at radius 3 is 2.47 bits per heavy atom. The Kier molecular flexibility index (Phi) is 6.27. The van der Waals surface area contributed by atoms with Crippen LogP contribution in [0.15, 0.2) is 12.2 Å². The van der Waals surface area contributed by atoms with Crippen LogP contribution in [0.5, 0.6) is 0 Å². The van der Waals surface area contributed by atoms with Gasteiger partial charge in [-0.1, -0.05) is 31.8 Å². The van der Waals surface area contributed by atoms with Gasteiger partial charge in [-0.15, -0.1) is 0 Å². The molecule has 0 heterocycles. The molecule has 0 unspecified atom stereocenters. The van der Waals surface area contributed by atoms with Gasteiger partial charge in [0.25, 0.3) is 0 Å². The van der Waals surface area contributed by atoms with Gasteiger partial charge in [0.1, 0.15) is 0 Å². The molecule has 0 aromatic carbocycles. The maximum atomic E-state index is 11.5. The Morgan fingerprint density at radius 1 is 1.26 bits per heavy atom. The smallest absolute Gasteiger partial charge is 0.305 e. The summed E-state index contributed by atoms with van der Waals surface area (Å²) in [5.74, 6) is 0.605. The van der Waals surface area contributed by atoms with E-state index in [1.807, 2.05) is 0 Å². The van der Waals surface area contributed by atoms with E-state index in [9.17, 15) is 4.79 Å². The van der Waals surface area contributed by atoms with Crippen molar-refractivity contribution in [1.29, 1.82) is 0 Å². The number of rotatable bonds is 6. The summed E-state index contributed by atoms with van der Waals surface area (Å²) in [6.07, 6.45) is 7.45. The molecular weight excluding hydrogens is 256 g/mol. The van der Waals surface area contributed by atoms with Crippen LogP contribution in [-0.4, -0.2) is 34.4 Å². The van der Waals surface area contributed by atoms with Gasteiger partial charge in [-0.05, 0) is 24.8 Å². The largest absolute Gasteiger partial charge is 0.469 e. The molecule has 0 radical (unpaired) electrons. The third-order valence-corrected chi connectivity index (χ3v) is 5.32. The number of hydrogen-bond donors (Lipinski definition) is 0. The first-order chi connectivity index (χ1) is 8.87. The van der Waals surface area contributed by atoms with E-state index in [4.69, 9.17) is 9.47 Å². The summed E-state index contributed by atoms with van der Waals surface area (Å²) in [6, 6.07) is 1.20. The van der Waals surface area contributed by atoms with Crippen molar-refractivity contribution < 1.29 is 14.3 Å². The summed E-state index contributed by atoms with van der Waals surface area (Å²) in [5, 5.41) is 0. The molecule has 0 aromatic rings. The minimum Gasteiger partial charge on any atom is -0.469 e. The number of allylic oxidation sites excluding steroid dienone is 2. The molecule has 110 valence electrons. The predicted molar refractivity (Wildman–Crippen MR) is 80.9 cm³/mol. The lowest BCUT2D eigenvalue weighted by atomic mass is 9.91. The Balaban J connectivity index is 2.62. The van der Waals surface area contributed by atoms with E-state index in [2.05, 4.69) is 31.8 Å². The van der Waals surface area contributed by atoms with Gasteiger partial charge in [0.15, 0.2) is 0 Å². The molecule has 0 spiro atoms. The summed E-state index contributed by atoms with van der Waals surface area (Å²) >= 11 is 0. The lowest BCUT2D eigenvalue weighted by molar-refractivity contribution is -0.143. The Morgan fingerprint density at radius 2 is 1.95 bits per heavy atom. The Bertz CT molecular complexity index is 320. The lowest BCUT2D eigenvalue weighted by Gasteiger charge is -2.21. The number of esters is 1. The molecule has 1 fully saturated rings. The van der Waals surface area contributed by atoms with E-state index >= 15 is 0 Å². The number of carbonyl (C=O) groups excluding carboxylic acids is 1. The van der Waals surface area contributed by atoms with Crippen LogP contribution in [0, 0.1) is 11.8 Å². The van der Waals surface area contributed by atoms with Crippen molar-refractivity contribution in [2.75, 3.05) is 14.2 Å². The molecule has 0 saturated heterocycles. The third kappa shape index (κ3) is 5.49. The second-order valence-electron chi connectivity index (χ2n) is 6.65. The fourth-order valence-electron chi connectivity index (χ4n) is 2.75. The molecular formula is C15H28O3Si. The van der Waals surface area contributed by atoms with Crippen molar-refractivity contribution in [3.63, 3.8) is 0 Å². The maximum absolute atomic E-state index is 11.5. The zero-order chi connectivity index (χ0) is 14.5. The highest BCUT2D eigenvalue weighted by Crippen LogP contribution is 2.37. The van der Waals surface area contributed by atoms with Crippen LogP contribution >= 0.6 is 0 Å². The van der Waals surface area contributed by atoms with Crippen molar-refractivity contribution in [3.8, 4) is 0 Å². The first kappa shape index (κ1) is 16.4. The van der Waals surface area contributed by atoms with Gasteiger partial charge >= 0.3 is 5.97 Å². The summed E-state index contributed by atoms with van der Waals surface area (Å²) in [6.45, 7) is 7.11. The minimum absolute atomic E-state index is 0.127. The summed E-state index contributed by atoms with van der Waals surface area (Å²) < 4.78 is 10.3. The highest BCUT2D eigenvalue weighted by Gasteiger charge is 2.36. The van der Waals surface area contributed by atoms with E-state index in [1.165, 1.54) is 13.2 Å². The molecule has 0 bridgehead atoms. The van der Waals surface area contributed by atoms with Crippen molar-refractivity contribution >= 4 is 14.0 Å². The monoisotopic (exact) mass is 284 g/mol. The molecule has 0 N–H and O–H groups in total. The number of carbonyl (C=O) groups is 1. The molecule has 19 heavy (non-hydrogen) atoms. The molecule has 0 amide bonds. The molecule has 3 nitrogen and oxygen atoms in total. The van der Waals surface area contributed by atoms with Gasteiger partial charge in [0.2, 0.25) is 0 Å². The maximum Gasteiger partial charge on any atom is 0.305 e. The fourth-order valence-corrected chi connectivity index (χ4v) is 3.59.